The Hall–Kier alpha value is -1.68. The first-order chi connectivity index (χ1) is 9.79. The number of imidazole rings is 1. The molecule has 0 bridgehead atoms. The summed E-state index contributed by atoms with van der Waals surface area (Å²) < 4.78 is 2.18. The molecule has 4 heteroatoms. The number of nitrogens with zero attached hydrogens (tertiary/aromatic N) is 3. The maximum Gasteiger partial charge on any atom is 0.140 e. The molecular formula is C16H22N4. The predicted molar refractivity (Wildman–Crippen MR) is 80.1 cm³/mol. The number of aromatic nitrogens is 3. The molecule has 2 heterocycles. The van der Waals surface area contributed by atoms with Gasteiger partial charge in [0.2, 0.25) is 0 Å². The lowest BCUT2D eigenvalue weighted by Crippen LogP contribution is -2.13. The Labute approximate surface area is 120 Å². The van der Waals surface area contributed by atoms with Crippen LogP contribution in [-0.2, 0) is 19.4 Å². The number of hydrogen-bond acceptors (Lipinski definition) is 3. The Bertz CT molecular complexity index is 601. The van der Waals surface area contributed by atoms with Crippen molar-refractivity contribution >= 4 is 0 Å². The summed E-state index contributed by atoms with van der Waals surface area (Å²) in [5.74, 6) is 1.03. The van der Waals surface area contributed by atoms with Crippen LogP contribution >= 0.6 is 0 Å². The van der Waals surface area contributed by atoms with Crippen LogP contribution in [0.5, 0.6) is 0 Å². The van der Waals surface area contributed by atoms with Crippen LogP contribution in [0.4, 0.5) is 0 Å². The van der Waals surface area contributed by atoms with E-state index in [1.807, 2.05) is 12.5 Å². The second-order valence-corrected chi connectivity index (χ2v) is 5.48. The third-order valence-corrected chi connectivity index (χ3v) is 3.94. The van der Waals surface area contributed by atoms with E-state index < -0.39 is 0 Å². The number of aryl methyl sites for hydroxylation is 2. The van der Waals surface area contributed by atoms with E-state index in [1.54, 1.807) is 0 Å². The molecule has 0 atom stereocenters. The quantitative estimate of drug-likeness (QED) is 0.928. The summed E-state index contributed by atoms with van der Waals surface area (Å²) in [7, 11) is 0. The average molecular weight is 270 g/mol. The van der Waals surface area contributed by atoms with Gasteiger partial charge in [0, 0.05) is 18.4 Å². The third-order valence-electron chi connectivity index (χ3n) is 3.94. The summed E-state index contributed by atoms with van der Waals surface area (Å²) in [6, 6.07) is 2.22. The van der Waals surface area contributed by atoms with Gasteiger partial charge in [-0.1, -0.05) is 6.92 Å². The van der Waals surface area contributed by atoms with Gasteiger partial charge in [-0.05, 0) is 56.3 Å². The lowest BCUT2D eigenvalue weighted by atomic mass is 10.0. The topological polar surface area (TPSA) is 42.7 Å². The molecule has 0 aliphatic heterocycles. The number of pyridine rings is 1. The fraction of sp³-hybridized carbons (Fsp3) is 0.500. The molecule has 0 saturated carbocycles. The summed E-state index contributed by atoms with van der Waals surface area (Å²) in [6.45, 7) is 6.11. The molecule has 0 aromatic carbocycles. The van der Waals surface area contributed by atoms with E-state index in [0.29, 0.717) is 0 Å². The molecular weight excluding hydrogens is 248 g/mol. The molecule has 2 aromatic rings. The fourth-order valence-electron chi connectivity index (χ4n) is 2.90. The molecule has 106 valence electrons. The van der Waals surface area contributed by atoms with E-state index in [1.165, 1.54) is 35.4 Å². The molecule has 0 amide bonds. The first-order valence-corrected chi connectivity index (χ1v) is 7.51. The van der Waals surface area contributed by atoms with Gasteiger partial charge >= 0.3 is 0 Å². The molecule has 0 saturated heterocycles. The molecule has 0 unspecified atom stereocenters. The van der Waals surface area contributed by atoms with Crippen molar-refractivity contribution in [2.45, 2.75) is 46.1 Å². The van der Waals surface area contributed by atoms with Gasteiger partial charge in [0.1, 0.15) is 12.1 Å². The Morgan fingerprint density at radius 1 is 1.25 bits per heavy atom. The minimum atomic E-state index is 0.882. The third kappa shape index (κ3) is 2.48. The zero-order valence-corrected chi connectivity index (χ0v) is 12.3. The van der Waals surface area contributed by atoms with Crippen molar-refractivity contribution in [2.75, 3.05) is 6.54 Å². The smallest absolute Gasteiger partial charge is 0.140 e. The van der Waals surface area contributed by atoms with Crippen LogP contribution in [0.15, 0.2) is 18.6 Å². The van der Waals surface area contributed by atoms with Gasteiger partial charge in [0.25, 0.3) is 0 Å². The van der Waals surface area contributed by atoms with E-state index in [2.05, 4.69) is 39.8 Å². The minimum absolute atomic E-state index is 0.882. The maximum atomic E-state index is 4.66. The van der Waals surface area contributed by atoms with E-state index >= 15 is 0 Å². The highest BCUT2D eigenvalue weighted by Gasteiger charge is 2.17. The lowest BCUT2D eigenvalue weighted by Gasteiger charge is -2.15. The highest BCUT2D eigenvalue weighted by Crippen LogP contribution is 2.23. The van der Waals surface area contributed by atoms with Crippen LogP contribution in [0, 0.1) is 6.92 Å². The molecule has 20 heavy (non-hydrogen) atoms. The van der Waals surface area contributed by atoms with Crippen LogP contribution in [0.3, 0.4) is 0 Å². The molecule has 2 aromatic heterocycles. The highest BCUT2D eigenvalue weighted by atomic mass is 15.1. The number of nitrogens with one attached hydrogen (secondary N) is 1. The number of rotatable bonds is 4. The second-order valence-electron chi connectivity index (χ2n) is 5.48. The molecule has 0 radical (unpaired) electrons. The summed E-state index contributed by atoms with van der Waals surface area (Å²) in [5.41, 5.74) is 5.06. The summed E-state index contributed by atoms with van der Waals surface area (Å²) in [6.07, 6.45) is 8.67. The molecule has 4 nitrogen and oxygen atoms in total. The van der Waals surface area contributed by atoms with Crippen molar-refractivity contribution in [2.24, 2.45) is 0 Å². The zero-order chi connectivity index (χ0) is 13.9. The molecule has 3 rings (SSSR count). The molecule has 1 aliphatic carbocycles. The van der Waals surface area contributed by atoms with Gasteiger partial charge in [0.15, 0.2) is 0 Å². The van der Waals surface area contributed by atoms with Gasteiger partial charge in [0.05, 0.1) is 5.69 Å². The van der Waals surface area contributed by atoms with Gasteiger partial charge in [-0.2, -0.15) is 0 Å². The first kappa shape index (κ1) is 13.3. The van der Waals surface area contributed by atoms with Crippen LogP contribution in [0.25, 0.3) is 5.82 Å². The van der Waals surface area contributed by atoms with Crippen LogP contribution < -0.4 is 5.32 Å². The largest absolute Gasteiger partial charge is 0.313 e. The summed E-state index contributed by atoms with van der Waals surface area (Å²) >= 11 is 0. The average Bonchev–Trinajstić information content (AvgIpc) is 2.89. The van der Waals surface area contributed by atoms with E-state index in [4.69, 9.17) is 0 Å². The van der Waals surface area contributed by atoms with Crippen LogP contribution in [-0.4, -0.2) is 21.1 Å². The van der Waals surface area contributed by atoms with Gasteiger partial charge in [-0.3, -0.25) is 4.57 Å². The predicted octanol–water partition coefficient (Wildman–Crippen LogP) is 2.56. The molecule has 1 aliphatic rings. The first-order valence-electron chi connectivity index (χ1n) is 7.51. The minimum Gasteiger partial charge on any atom is -0.313 e. The monoisotopic (exact) mass is 270 g/mol. The Morgan fingerprint density at radius 3 is 2.90 bits per heavy atom. The van der Waals surface area contributed by atoms with Gasteiger partial charge in [-0.15, -0.1) is 0 Å². The normalized spacial score (nSPS) is 14.3. The number of fused-ring (bicyclic) bond motifs is 1. The molecule has 0 fully saturated rings. The fourth-order valence-corrected chi connectivity index (χ4v) is 2.90. The summed E-state index contributed by atoms with van der Waals surface area (Å²) in [4.78, 5) is 9.22. The van der Waals surface area contributed by atoms with E-state index in [9.17, 15) is 0 Å². The zero-order valence-electron chi connectivity index (χ0n) is 12.3. The van der Waals surface area contributed by atoms with Crippen molar-refractivity contribution < 1.29 is 0 Å². The summed E-state index contributed by atoms with van der Waals surface area (Å²) in [5, 5.41) is 3.34. The van der Waals surface area contributed by atoms with Crippen molar-refractivity contribution in [1.82, 2.24) is 19.9 Å². The molecule has 1 N–H and O–H groups in total. The SMILES string of the molecule is CCNCc1cnc(-n2cnc3c2CCCC3)c(C)c1. The van der Waals surface area contributed by atoms with Gasteiger partial charge < -0.3 is 5.32 Å². The van der Waals surface area contributed by atoms with Crippen molar-refractivity contribution in [3.05, 3.63) is 41.1 Å². The van der Waals surface area contributed by atoms with E-state index in [-0.39, 0.29) is 0 Å². The highest BCUT2D eigenvalue weighted by molar-refractivity contribution is 5.38. The van der Waals surface area contributed by atoms with Crippen molar-refractivity contribution in [1.29, 1.82) is 0 Å². The Kier molecular flexibility index (Phi) is 3.83. The van der Waals surface area contributed by atoms with Crippen molar-refractivity contribution in [3.63, 3.8) is 0 Å². The second kappa shape index (κ2) is 5.75. The van der Waals surface area contributed by atoms with Crippen molar-refractivity contribution in [3.8, 4) is 5.82 Å². The van der Waals surface area contributed by atoms with Crippen LogP contribution in [0.1, 0.15) is 42.3 Å². The Morgan fingerprint density at radius 2 is 2.10 bits per heavy atom. The van der Waals surface area contributed by atoms with Gasteiger partial charge in [-0.25, -0.2) is 9.97 Å². The van der Waals surface area contributed by atoms with Crippen LogP contribution in [0.2, 0.25) is 0 Å². The number of hydrogen-bond donors (Lipinski definition) is 1. The molecule has 0 spiro atoms. The standard InChI is InChI=1S/C16H22N4/c1-3-17-9-13-8-12(2)16(18-10-13)20-11-19-14-6-4-5-7-15(14)20/h8,10-11,17H,3-7,9H2,1-2H3. The van der Waals surface area contributed by atoms with E-state index in [0.717, 1.165) is 31.7 Å². The maximum absolute atomic E-state index is 4.66. The Balaban J connectivity index is 1.92. The lowest BCUT2D eigenvalue weighted by molar-refractivity contribution is 0.653.